The van der Waals surface area contributed by atoms with Crippen LogP contribution < -0.4 is 5.32 Å². The van der Waals surface area contributed by atoms with E-state index in [2.05, 4.69) is 60.7 Å². The summed E-state index contributed by atoms with van der Waals surface area (Å²) >= 11 is 0. The lowest BCUT2D eigenvalue weighted by molar-refractivity contribution is 0.551. The lowest BCUT2D eigenvalue weighted by Crippen LogP contribution is -2.25. The standard InChI is InChI=1S/C34H47N3/c1-21(2)27-15-12-16-28(22(3)4)33(27)35-25(9)31-19-14-20-32(37(31)11)26(10)36-34-29(23(5)6)17-13-18-30(34)24(7)8/h12-24,35H,1-11H3/b31-25+,36-26?/i9D3,10D3. The maximum atomic E-state index is 8.54. The summed E-state index contributed by atoms with van der Waals surface area (Å²) in [6.45, 7) is 11.5. The summed E-state index contributed by atoms with van der Waals surface area (Å²) in [5.41, 5.74) is 6.05. The van der Waals surface area contributed by atoms with Crippen molar-refractivity contribution in [1.82, 2.24) is 4.90 Å². The van der Waals surface area contributed by atoms with Crippen LogP contribution in [-0.2, 0) is 0 Å². The minimum absolute atomic E-state index is 0.0298. The van der Waals surface area contributed by atoms with Crippen LogP contribution in [0.1, 0.15) is 123 Å². The molecule has 0 bridgehead atoms. The molecule has 0 fully saturated rings. The minimum atomic E-state index is -2.56. The Hall–Kier alpha value is -3.07. The van der Waals surface area contributed by atoms with Crippen LogP contribution in [0.2, 0.25) is 0 Å². The maximum Gasteiger partial charge on any atom is 0.0702 e. The van der Waals surface area contributed by atoms with Gasteiger partial charge in [0.05, 0.1) is 22.8 Å². The predicted octanol–water partition coefficient (Wildman–Crippen LogP) is 10.0. The number of nitrogens with zero attached hydrogens (tertiary/aromatic N) is 2. The summed E-state index contributed by atoms with van der Waals surface area (Å²) in [7, 11) is 1.70. The lowest BCUT2D eigenvalue weighted by atomic mass is 9.92. The van der Waals surface area contributed by atoms with E-state index in [0.717, 1.165) is 27.9 Å². The molecule has 0 spiro atoms. The molecule has 0 atom stereocenters. The number of para-hydroxylation sites is 2. The van der Waals surface area contributed by atoms with Crippen molar-refractivity contribution >= 4 is 17.1 Å². The molecule has 3 rings (SSSR count). The van der Waals surface area contributed by atoms with Crippen LogP contribution in [0.4, 0.5) is 11.4 Å². The Kier molecular flexibility index (Phi) is 6.78. The van der Waals surface area contributed by atoms with Gasteiger partial charge in [-0.25, -0.2) is 0 Å². The summed E-state index contributed by atoms with van der Waals surface area (Å²) in [6, 6.07) is 12.0. The fraction of sp³-hybridized carbons (Fsp3) is 0.441. The van der Waals surface area contributed by atoms with Crippen LogP contribution in [0.15, 0.2) is 76.7 Å². The first-order valence-electron chi connectivity index (χ1n) is 16.3. The smallest absolute Gasteiger partial charge is 0.0702 e. The van der Waals surface area contributed by atoms with E-state index in [0.29, 0.717) is 17.1 Å². The van der Waals surface area contributed by atoms with Gasteiger partial charge >= 0.3 is 0 Å². The molecule has 1 N–H and O–H groups in total. The fourth-order valence-electron chi connectivity index (χ4n) is 4.77. The number of hydrogen-bond donors (Lipinski definition) is 1. The molecule has 0 aromatic heterocycles. The highest BCUT2D eigenvalue weighted by molar-refractivity contribution is 6.00. The van der Waals surface area contributed by atoms with Gasteiger partial charge in [0.15, 0.2) is 0 Å². The second-order valence-corrected chi connectivity index (χ2v) is 11.0. The molecule has 1 aliphatic rings. The zero-order valence-corrected chi connectivity index (χ0v) is 23.9. The molecule has 37 heavy (non-hydrogen) atoms. The van der Waals surface area contributed by atoms with Gasteiger partial charge in [-0.05, 0) is 71.8 Å². The largest absolute Gasteiger partial charge is 0.357 e. The summed E-state index contributed by atoms with van der Waals surface area (Å²) < 4.78 is 51.2. The summed E-state index contributed by atoms with van der Waals surface area (Å²) in [6.07, 6.45) is 5.11. The monoisotopic (exact) mass is 503 g/mol. The van der Waals surface area contributed by atoms with Gasteiger partial charge in [-0.2, -0.15) is 0 Å². The first-order valence-corrected chi connectivity index (χ1v) is 13.3. The minimum Gasteiger partial charge on any atom is -0.357 e. The average Bonchev–Trinajstić information content (AvgIpc) is 2.89. The molecule has 3 heteroatoms. The van der Waals surface area contributed by atoms with Gasteiger partial charge in [-0.15, -0.1) is 0 Å². The van der Waals surface area contributed by atoms with Crippen molar-refractivity contribution in [2.75, 3.05) is 12.4 Å². The molecule has 0 amide bonds. The van der Waals surface area contributed by atoms with Crippen molar-refractivity contribution in [1.29, 1.82) is 0 Å². The normalized spacial score (nSPS) is 18.9. The highest BCUT2D eigenvalue weighted by Gasteiger charge is 2.20. The van der Waals surface area contributed by atoms with Crippen LogP contribution >= 0.6 is 0 Å². The number of nitrogens with one attached hydrogen (secondary N) is 1. The lowest BCUT2D eigenvalue weighted by Gasteiger charge is -2.30. The van der Waals surface area contributed by atoms with E-state index in [9.17, 15) is 0 Å². The second-order valence-electron chi connectivity index (χ2n) is 11.0. The van der Waals surface area contributed by atoms with Crippen molar-refractivity contribution in [3.05, 3.63) is 94.0 Å². The van der Waals surface area contributed by atoms with E-state index in [-0.39, 0.29) is 35.1 Å². The van der Waals surface area contributed by atoms with Crippen molar-refractivity contribution < 1.29 is 8.22 Å². The second kappa shape index (κ2) is 12.0. The molecule has 1 heterocycles. The van der Waals surface area contributed by atoms with E-state index in [4.69, 9.17) is 13.2 Å². The maximum absolute atomic E-state index is 8.54. The highest BCUT2D eigenvalue weighted by Crippen LogP contribution is 2.37. The number of aliphatic imine (C=N–C) groups is 1. The van der Waals surface area contributed by atoms with E-state index >= 15 is 0 Å². The van der Waals surface area contributed by atoms with Crippen LogP contribution in [-0.4, -0.2) is 17.7 Å². The van der Waals surface area contributed by atoms with Gasteiger partial charge in [-0.3, -0.25) is 4.99 Å². The van der Waals surface area contributed by atoms with Crippen molar-refractivity contribution in [2.24, 2.45) is 4.99 Å². The van der Waals surface area contributed by atoms with Gasteiger partial charge in [0.25, 0.3) is 0 Å². The highest BCUT2D eigenvalue weighted by atomic mass is 15.1. The molecule has 0 saturated carbocycles. The van der Waals surface area contributed by atoms with Gasteiger partial charge in [0.1, 0.15) is 0 Å². The molecule has 198 valence electrons. The molecular weight excluding hydrogens is 450 g/mol. The SMILES string of the molecule is [2H]C([2H])([2H])C(=Nc1c(C(C)C)cccc1C(C)C)C1=CC=C/C(=C(\Nc2c(C(C)C)cccc2C(C)C)C([2H])([2H])[2H])N1C. The van der Waals surface area contributed by atoms with Crippen LogP contribution in [0.5, 0.6) is 0 Å². The third-order valence-electron chi connectivity index (χ3n) is 6.92. The summed E-state index contributed by atoms with van der Waals surface area (Å²) in [5, 5.41) is 3.33. The quantitative estimate of drug-likeness (QED) is 0.363. The molecule has 3 nitrogen and oxygen atoms in total. The van der Waals surface area contributed by atoms with E-state index in [1.165, 1.54) is 0 Å². The van der Waals surface area contributed by atoms with Gasteiger partial charge in [0, 0.05) is 26.7 Å². The van der Waals surface area contributed by atoms with E-state index in [1.807, 2.05) is 36.4 Å². The first-order chi connectivity index (χ1) is 19.9. The van der Waals surface area contributed by atoms with Gasteiger partial charge in [-0.1, -0.05) is 97.9 Å². The molecule has 0 aliphatic carbocycles. The first kappa shape index (κ1) is 20.9. The molecular formula is C34H47N3. The Morgan fingerprint density at radius 3 is 1.76 bits per heavy atom. The van der Waals surface area contributed by atoms with Crippen LogP contribution in [0.3, 0.4) is 0 Å². The fourth-order valence-corrected chi connectivity index (χ4v) is 4.77. The predicted molar refractivity (Wildman–Crippen MR) is 163 cm³/mol. The number of likely N-dealkylation sites (N-methyl/N-ethyl adjacent to an activating group) is 1. The molecule has 0 radical (unpaired) electrons. The zero-order valence-electron chi connectivity index (χ0n) is 29.9. The van der Waals surface area contributed by atoms with Gasteiger partial charge in [0.2, 0.25) is 0 Å². The third-order valence-corrected chi connectivity index (χ3v) is 6.92. The molecule has 1 aliphatic heterocycles. The number of benzene rings is 2. The van der Waals surface area contributed by atoms with Crippen molar-refractivity contribution in [3.63, 3.8) is 0 Å². The number of hydrogen-bond acceptors (Lipinski definition) is 3. The molecule has 0 unspecified atom stereocenters. The number of allylic oxidation sites excluding steroid dienone is 5. The van der Waals surface area contributed by atoms with Crippen LogP contribution in [0, 0.1) is 0 Å². The van der Waals surface area contributed by atoms with Crippen molar-refractivity contribution in [2.45, 2.75) is 92.8 Å². The number of rotatable bonds is 8. The van der Waals surface area contributed by atoms with Crippen molar-refractivity contribution in [3.8, 4) is 0 Å². The topological polar surface area (TPSA) is 27.6 Å². The Labute approximate surface area is 234 Å². The Morgan fingerprint density at radius 1 is 0.784 bits per heavy atom. The zero-order chi connectivity index (χ0) is 32.4. The van der Waals surface area contributed by atoms with Gasteiger partial charge < -0.3 is 10.2 Å². The summed E-state index contributed by atoms with van der Waals surface area (Å²) in [5.74, 6) is 0.576. The molecule has 2 aromatic carbocycles. The third kappa shape index (κ3) is 6.26. The molecule has 0 saturated heterocycles. The summed E-state index contributed by atoms with van der Waals surface area (Å²) in [4.78, 5) is 6.53. The van der Waals surface area contributed by atoms with E-state index in [1.54, 1.807) is 30.2 Å². The molecule has 2 aromatic rings. The number of anilines is 1. The van der Waals surface area contributed by atoms with Crippen LogP contribution in [0.25, 0.3) is 0 Å². The Bertz CT molecular complexity index is 1380. The Morgan fingerprint density at radius 2 is 1.30 bits per heavy atom. The van der Waals surface area contributed by atoms with E-state index < -0.39 is 13.7 Å². The average molecular weight is 504 g/mol. The Balaban J connectivity index is 2.28.